The lowest BCUT2D eigenvalue weighted by atomic mass is 10.1. The number of nitrogens with zero attached hydrogens (tertiary/aromatic N) is 2. The van der Waals surface area contributed by atoms with Crippen LogP contribution in [-0.2, 0) is 0 Å². The molecule has 0 unspecified atom stereocenters. The molecule has 170 valence electrons. The Balaban J connectivity index is 1.31. The Labute approximate surface area is 186 Å². The van der Waals surface area contributed by atoms with Crippen molar-refractivity contribution in [1.82, 2.24) is 10.2 Å². The summed E-state index contributed by atoms with van der Waals surface area (Å²) < 4.78 is 11.6. The predicted molar refractivity (Wildman–Crippen MR) is 126 cm³/mol. The minimum absolute atomic E-state index is 0.0184. The second-order valence-electron chi connectivity index (χ2n) is 9.08. The van der Waals surface area contributed by atoms with Gasteiger partial charge in [-0.05, 0) is 57.2 Å². The number of benzene rings is 2. The average molecular weight is 428 g/mol. The van der Waals surface area contributed by atoms with Gasteiger partial charge in [-0.2, -0.15) is 0 Å². The first-order valence-corrected chi connectivity index (χ1v) is 11.2. The maximum atomic E-state index is 10.0. The minimum atomic E-state index is -0.544. The molecule has 1 aliphatic rings. The van der Waals surface area contributed by atoms with E-state index in [4.69, 9.17) is 9.47 Å². The Morgan fingerprint density at radius 3 is 2.13 bits per heavy atom. The molecule has 2 aromatic carbocycles. The lowest BCUT2D eigenvalue weighted by Crippen LogP contribution is -2.47. The Kier molecular flexibility index (Phi) is 8.58. The standard InChI is InChI=1S/C25H37N3O3/c1-25(2,3)26-19-22(29)20-31-24-11-9-23(10-12-24)30-18-17-27-13-15-28(16-14-27)21-7-5-4-6-8-21/h4-12,22,26,29H,13-20H2,1-3H3/t22-/m0/s1. The molecule has 6 heteroatoms. The maximum absolute atomic E-state index is 10.0. The molecule has 0 spiro atoms. The summed E-state index contributed by atoms with van der Waals surface area (Å²) in [5.74, 6) is 1.57. The zero-order valence-corrected chi connectivity index (χ0v) is 19.1. The third kappa shape index (κ3) is 8.40. The average Bonchev–Trinajstić information content (AvgIpc) is 2.78. The summed E-state index contributed by atoms with van der Waals surface area (Å²) in [6.07, 6.45) is -0.544. The molecule has 1 heterocycles. The summed E-state index contributed by atoms with van der Waals surface area (Å²) in [5, 5.41) is 13.3. The monoisotopic (exact) mass is 427 g/mol. The summed E-state index contributed by atoms with van der Waals surface area (Å²) in [7, 11) is 0. The maximum Gasteiger partial charge on any atom is 0.119 e. The van der Waals surface area contributed by atoms with Crippen molar-refractivity contribution >= 4 is 5.69 Å². The van der Waals surface area contributed by atoms with Crippen LogP contribution in [-0.4, -0.2) is 74.1 Å². The van der Waals surface area contributed by atoms with Crippen LogP contribution in [0.4, 0.5) is 5.69 Å². The van der Waals surface area contributed by atoms with Crippen LogP contribution in [0, 0.1) is 0 Å². The van der Waals surface area contributed by atoms with Crippen molar-refractivity contribution in [3.05, 3.63) is 54.6 Å². The molecule has 1 atom stereocenters. The van der Waals surface area contributed by atoms with Gasteiger partial charge in [-0.25, -0.2) is 0 Å². The molecule has 0 bridgehead atoms. The number of rotatable bonds is 10. The molecule has 1 saturated heterocycles. The third-order valence-electron chi connectivity index (χ3n) is 5.30. The number of hydrogen-bond acceptors (Lipinski definition) is 6. The van der Waals surface area contributed by atoms with Crippen molar-refractivity contribution in [2.45, 2.75) is 32.4 Å². The van der Waals surface area contributed by atoms with E-state index < -0.39 is 6.10 Å². The molecule has 2 aromatic rings. The topological polar surface area (TPSA) is 57.2 Å². The van der Waals surface area contributed by atoms with Crippen molar-refractivity contribution in [2.75, 3.05) is 57.4 Å². The van der Waals surface area contributed by atoms with Crippen molar-refractivity contribution in [3.63, 3.8) is 0 Å². The van der Waals surface area contributed by atoms with Crippen LogP contribution in [0.15, 0.2) is 54.6 Å². The van der Waals surface area contributed by atoms with Gasteiger partial charge in [-0.1, -0.05) is 18.2 Å². The van der Waals surface area contributed by atoms with Gasteiger partial charge in [0.2, 0.25) is 0 Å². The molecule has 1 fully saturated rings. The first-order valence-electron chi connectivity index (χ1n) is 11.2. The Morgan fingerprint density at radius 1 is 0.903 bits per heavy atom. The van der Waals surface area contributed by atoms with Gasteiger partial charge in [0.25, 0.3) is 0 Å². The fourth-order valence-electron chi connectivity index (χ4n) is 3.47. The van der Waals surface area contributed by atoms with E-state index in [1.54, 1.807) is 0 Å². The van der Waals surface area contributed by atoms with Crippen molar-refractivity contribution in [2.24, 2.45) is 0 Å². The molecule has 0 aromatic heterocycles. The van der Waals surface area contributed by atoms with E-state index in [1.165, 1.54) is 5.69 Å². The fourth-order valence-corrected chi connectivity index (χ4v) is 3.47. The summed E-state index contributed by atoms with van der Waals surface area (Å²) in [6.45, 7) is 12.8. The lowest BCUT2D eigenvalue weighted by Gasteiger charge is -2.36. The Hall–Kier alpha value is -2.28. The largest absolute Gasteiger partial charge is 0.492 e. The number of β-amino-alcohol motifs (C(OH)–C–C–N with tert-alkyl or cyclic N) is 1. The second-order valence-corrected chi connectivity index (χ2v) is 9.08. The van der Waals surface area contributed by atoms with Gasteiger partial charge >= 0.3 is 0 Å². The van der Waals surface area contributed by atoms with E-state index in [-0.39, 0.29) is 12.1 Å². The van der Waals surface area contributed by atoms with Crippen LogP contribution in [0.1, 0.15) is 20.8 Å². The number of hydrogen-bond donors (Lipinski definition) is 2. The summed E-state index contributed by atoms with van der Waals surface area (Å²) >= 11 is 0. The van der Waals surface area contributed by atoms with Crippen molar-refractivity contribution in [3.8, 4) is 11.5 Å². The molecule has 0 radical (unpaired) electrons. The van der Waals surface area contributed by atoms with E-state index in [0.29, 0.717) is 13.2 Å². The van der Waals surface area contributed by atoms with Gasteiger partial charge in [-0.15, -0.1) is 0 Å². The van der Waals surface area contributed by atoms with Gasteiger partial charge in [0, 0.05) is 50.5 Å². The van der Waals surface area contributed by atoms with Crippen molar-refractivity contribution < 1.29 is 14.6 Å². The molecule has 2 N–H and O–H groups in total. The lowest BCUT2D eigenvalue weighted by molar-refractivity contribution is 0.1000. The van der Waals surface area contributed by atoms with Crippen molar-refractivity contribution in [1.29, 1.82) is 0 Å². The minimum Gasteiger partial charge on any atom is -0.492 e. The van der Waals surface area contributed by atoms with E-state index in [0.717, 1.165) is 44.2 Å². The number of aliphatic hydroxyl groups is 1. The highest BCUT2D eigenvalue weighted by Gasteiger charge is 2.17. The first kappa shape index (κ1) is 23.4. The van der Waals surface area contributed by atoms with Gasteiger partial charge in [0.05, 0.1) is 0 Å². The first-order chi connectivity index (χ1) is 14.9. The molecular formula is C25H37N3O3. The highest BCUT2D eigenvalue weighted by atomic mass is 16.5. The van der Waals surface area contributed by atoms with Crippen LogP contribution < -0.4 is 19.7 Å². The van der Waals surface area contributed by atoms with Crippen LogP contribution in [0.2, 0.25) is 0 Å². The number of para-hydroxylation sites is 1. The van der Waals surface area contributed by atoms with E-state index >= 15 is 0 Å². The normalized spacial score (nSPS) is 16.2. The predicted octanol–water partition coefficient (Wildman–Crippen LogP) is 3.02. The molecule has 6 nitrogen and oxygen atoms in total. The Bertz CT molecular complexity index is 754. The highest BCUT2D eigenvalue weighted by Crippen LogP contribution is 2.18. The van der Waals surface area contributed by atoms with Gasteiger partial charge in [-0.3, -0.25) is 4.90 Å². The quantitative estimate of drug-likeness (QED) is 0.608. The number of aliphatic hydroxyl groups excluding tert-OH is 1. The number of anilines is 1. The van der Waals surface area contributed by atoms with Gasteiger partial charge in [0.15, 0.2) is 0 Å². The van der Waals surface area contributed by atoms with E-state index in [9.17, 15) is 5.11 Å². The fraction of sp³-hybridized carbons (Fsp3) is 0.520. The number of ether oxygens (including phenoxy) is 2. The summed E-state index contributed by atoms with van der Waals surface area (Å²) in [6, 6.07) is 18.2. The third-order valence-corrected chi connectivity index (χ3v) is 5.30. The zero-order chi connectivity index (χ0) is 22.1. The number of nitrogens with one attached hydrogen (secondary N) is 1. The van der Waals surface area contributed by atoms with Crippen LogP contribution >= 0.6 is 0 Å². The molecule has 3 rings (SSSR count). The van der Waals surface area contributed by atoms with Gasteiger partial charge in [0.1, 0.15) is 30.8 Å². The highest BCUT2D eigenvalue weighted by molar-refractivity contribution is 5.46. The molecular weight excluding hydrogens is 390 g/mol. The van der Waals surface area contributed by atoms with E-state index in [1.807, 2.05) is 24.3 Å². The second kappa shape index (κ2) is 11.4. The Morgan fingerprint density at radius 2 is 1.52 bits per heavy atom. The smallest absolute Gasteiger partial charge is 0.119 e. The van der Waals surface area contributed by atoms with Crippen LogP contribution in [0.5, 0.6) is 11.5 Å². The molecule has 0 aliphatic carbocycles. The molecule has 0 amide bonds. The van der Waals surface area contributed by atoms with Crippen LogP contribution in [0.3, 0.4) is 0 Å². The molecule has 31 heavy (non-hydrogen) atoms. The zero-order valence-electron chi connectivity index (χ0n) is 19.1. The van der Waals surface area contributed by atoms with Gasteiger partial charge < -0.3 is 24.8 Å². The van der Waals surface area contributed by atoms with Crippen LogP contribution in [0.25, 0.3) is 0 Å². The SMILES string of the molecule is CC(C)(C)NC[C@H](O)COc1ccc(OCCN2CCN(c3ccccc3)CC2)cc1. The molecule has 1 aliphatic heterocycles. The number of piperazine rings is 1. The summed E-state index contributed by atoms with van der Waals surface area (Å²) in [4.78, 5) is 4.89. The molecule has 0 saturated carbocycles. The van der Waals surface area contributed by atoms with E-state index in [2.05, 4.69) is 66.2 Å². The summed E-state index contributed by atoms with van der Waals surface area (Å²) in [5.41, 5.74) is 1.29.